The number of benzene rings is 2. The summed E-state index contributed by atoms with van der Waals surface area (Å²) in [6.45, 7) is 6.27. The van der Waals surface area contributed by atoms with Crippen LogP contribution in [0, 0.1) is 6.92 Å². The Hall–Kier alpha value is -2.28. The first-order valence-electron chi connectivity index (χ1n) is 8.46. The van der Waals surface area contributed by atoms with Gasteiger partial charge < -0.3 is 5.32 Å². The standard InChI is InChI=1S/C20H18Cl2N4OS/c1-3-10-26-19(16-9-6-14(21)11-17(16)22)24-25-20(26)28-12-18(27)23-15-7-4-13(2)5-8-15/h3-9,11H,1,10,12H2,2H3,(H,23,27). The zero-order valence-corrected chi connectivity index (χ0v) is 17.5. The van der Waals surface area contributed by atoms with E-state index in [0.29, 0.717) is 27.6 Å². The summed E-state index contributed by atoms with van der Waals surface area (Å²) in [6, 6.07) is 12.9. The second kappa shape index (κ2) is 9.28. The number of aromatic nitrogens is 3. The number of nitrogens with one attached hydrogen (secondary N) is 1. The van der Waals surface area contributed by atoms with Crippen molar-refractivity contribution in [3.05, 3.63) is 70.7 Å². The molecule has 0 bridgehead atoms. The molecular formula is C20H18Cl2N4OS. The number of carbonyl (C=O) groups excluding carboxylic acids is 1. The zero-order chi connectivity index (χ0) is 20.1. The summed E-state index contributed by atoms with van der Waals surface area (Å²) in [6.07, 6.45) is 1.74. The molecule has 0 saturated carbocycles. The molecule has 1 amide bonds. The number of rotatable bonds is 7. The molecular weight excluding hydrogens is 415 g/mol. The molecule has 0 aliphatic heterocycles. The van der Waals surface area contributed by atoms with Gasteiger partial charge in [0.2, 0.25) is 5.91 Å². The molecule has 2 aromatic carbocycles. The highest BCUT2D eigenvalue weighted by Crippen LogP contribution is 2.31. The van der Waals surface area contributed by atoms with Crippen LogP contribution >= 0.6 is 35.0 Å². The van der Waals surface area contributed by atoms with E-state index in [2.05, 4.69) is 22.1 Å². The van der Waals surface area contributed by atoms with Crippen LogP contribution in [0.4, 0.5) is 5.69 Å². The number of nitrogens with zero attached hydrogens (tertiary/aromatic N) is 3. The Balaban J connectivity index is 1.75. The smallest absolute Gasteiger partial charge is 0.234 e. The second-order valence-electron chi connectivity index (χ2n) is 6.03. The highest BCUT2D eigenvalue weighted by molar-refractivity contribution is 7.99. The van der Waals surface area contributed by atoms with E-state index in [4.69, 9.17) is 23.2 Å². The number of carbonyl (C=O) groups is 1. The SMILES string of the molecule is C=CCn1c(SCC(=O)Nc2ccc(C)cc2)nnc1-c1ccc(Cl)cc1Cl. The predicted molar refractivity (Wildman–Crippen MR) is 116 cm³/mol. The van der Waals surface area contributed by atoms with Crippen LogP contribution in [0.3, 0.4) is 0 Å². The van der Waals surface area contributed by atoms with Crippen molar-refractivity contribution in [3.63, 3.8) is 0 Å². The second-order valence-corrected chi connectivity index (χ2v) is 7.82. The third-order valence-corrected chi connectivity index (χ3v) is 5.38. The van der Waals surface area contributed by atoms with Crippen molar-refractivity contribution < 1.29 is 4.79 Å². The molecule has 3 aromatic rings. The molecule has 0 radical (unpaired) electrons. The molecule has 0 spiro atoms. The van der Waals surface area contributed by atoms with E-state index >= 15 is 0 Å². The van der Waals surface area contributed by atoms with E-state index in [9.17, 15) is 4.79 Å². The summed E-state index contributed by atoms with van der Waals surface area (Å²) >= 11 is 13.6. The number of allylic oxidation sites excluding steroid dienone is 1. The van der Waals surface area contributed by atoms with Crippen LogP contribution in [0.2, 0.25) is 10.0 Å². The van der Waals surface area contributed by atoms with Crippen LogP contribution in [0.25, 0.3) is 11.4 Å². The fourth-order valence-electron chi connectivity index (χ4n) is 2.52. The van der Waals surface area contributed by atoms with Crippen molar-refractivity contribution >= 4 is 46.6 Å². The number of hydrogen-bond donors (Lipinski definition) is 1. The number of amides is 1. The first-order valence-corrected chi connectivity index (χ1v) is 10.2. The largest absolute Gasteiger partial charge is 0.325 e. The molecule has 0 atom stereocenters. The average Bonchev–Trinajstić information content (AvgIpc) is 3.05. The maximum Gasteiger partial charge on any atom is 0.234 e. The van der Waals surface area contributed by atoms with Crippen molar-refractivity contribution in [2.45, 2.75) is 18.6 Å². The van der Waals surface area contributed by atoms with Crippen LogP contribution in [0.1, 0.15) is 5.56 Å². The van der Waals surface area contributed by atoms with Crippen LogP contribution in [0.5, 0.6) is 0 Å². The first-order chi connectivity index (χ1) is 13.5. The van der Waals surface area contributed by atoms with Crippen LogP contribution in [0.15, 0.2) is 60.3 Å². The quantitative estimate of drug-likeness (QED) is 0.396. The van der Waals surface area contributed by atoms with Gasteiger partial charge in [0.15, 0.2) is 11.0 Å². The maximum atomic E-state index is 12.3. The average molecular weight is 433 g/mol. The van der Waals surface area contributed by atoms with E-state index in [0.717, 1.165) is 16.8 Å². The fourth-order valence-corrected chi connectivity index (χ4v) is 3.76. The third kappa shape index (κ3) is 4.95. The maximum absolute atomic E-state index is 12.3. The molecule has 0 saturated heterocycles. The number of halogens is 2. The van der Waals surface area contributed by atoms with Gasteiger partial charge >= 0.3 is 0 Å². The van der Waals surface area contributed by atoms with Crippen molar-refractivity contribution in [2.75, 3.05) is 11.1 Å². The lowest BCUT2D eigenvalue weighted by Gasteiger charge is -2.09. The van der Waals surface area contributed by atoms with Crippen molar-refractivity contribution in [3.8, 4) is 11.4 Å². The van der Waals surface area contributed by atoms with Crippen LogP contribution in [-0.2, 0) is 11.3 Å². The molecule has 0 aliphatic rings. The lowest BCUT2D eigenvalue weighted by atomic mass is 10.2. The molecule has 144 valence electrons. The Morgan fingerprint density at radius 2 is 1.96 bits per heavy atom. The number of aryl methyl sites for hydroxylation is 1. The van der Waals surface area contributed by atoms with E-state index in [1.54, 1.807) is 24.3 Å². The number of thioether (sulfide) groups is 1. The third-order valence-electron chi connectivity index (χ3n) is 3.87. The van der Waals surface area contributed by atoms with Crippen LogP contribution in [-0.4, -0.2) is 26.4 Å². The van der Waals surface area contributed by atoms with Crippen molar-refractivity contribution in [2.24, 2.45) is 0 Å². The summed E-state index contributed by atoms with van der Waals surface area (Å²) in [5.41, 5.74) is 2.62. The number of hydrogen-bond acceptors (Lipinski definition) is 4. The Labute approximate surface area is 177 Å². The molecule has 28 heavy (non-hydrogen) atoms. The van der Waals surface area contributed by atoms with Crippen LogP contribution < -0.4 is 5.32 Å². The highest BCUT2D eigenvalue weighted by Gasteiger charge is 2.17. The minimum atomic E-state index is -0.118. The van der Waals surface area contributed by atoms with Gasteiger partial charge in [-0.25, -0.2) is 0 Å². The minimum Gasteiger partial charge on any atom is -0.325 e. The molecule has 3 rings (SSSR count). The molecule has 1 heterocycles. The van der Waals surface area contributed by atoms with Gasteiger partial charge in [-0.1, -0.05) is 58.7 Å². The summed E-state index contributed by atoms with van der Waals surface area (Å²) in [4.78, 5) is 12.3. The van der Waals surface area contributed by atoms with Gasteiger partial charge in [-0.2, -0.15) is 0 Å². The molecule has 0 unspecified atom stereocenters. The van der Waals surface area contributed by atoms with E-state index in [-0.39, 0.29) is 11.7 Å². The van der Waals surface area contributed by atoms with Gasteiger partial charge in [-0.05, 0) is 37.3 Å². The molecule has 8 heteroatoms. The summed E-state index contributed by atoms with van der Waals surface area (Å²) in [5.74, 6) is 0.688. The topological polar surface area (TPSA) is 59.8 Å². The van der Waals surface area contributed by atoms with Gasteiger partial charge in [0.25, 0.3) is 0 Å². The monoisotopic (exact) mass is 432 g/mol. The first kappa shape index (κ1) is 20.5. The highest BCUT2D eigenvalue weighted by atomic mass is 35.5. The van der Waals surface area contributed by atoms with Crippen molar-refractivity contribution in [1.82, 2.24) is 14.8 Å². The molecule has 0 aliphatic carbocycles. The molecule has 5 nitrogen and oxygen atoms in total. The Morgan fingerprint density at radius 3 is 2.64 bits per heavy atom. The van der Waals surface area contributed by atoms with Gasteiger partial charge in [0.05, 0.1) is 10.8 Å². The van der Waals surface area contributed by atoms with Gasteiger partial charge in [-0.15, -0.1) is 16.8 Å². The minimum absolute atomic E-state index is 0.118. The lowest BCUT2D eigenvalue weighted by Crippen LogP contribution is -2.14. The normalized spacial score (nSPS) is 10.7. The number of anilines is 1. The van der Waals surface area contributed by atoms with Crippen molar-refractivity contribution in [1.29, 1.82) is 0 Å². The fraction of sp³-hybridized carbons (Fsp3) is 0.150. The Bertz CT molecular complexity index is 1000. The zero-order valence-electron chi connectivity index (χ0n) is 15.2. The molecule has 1 aromatic heterocycles. The summed E-state index contributed by atoms with van der Waals surface area (Å²) < 4.78 is 1.87. The Morgan fingerprint density at radius 1 is 1.21 bits per heavy atom. The van der Waals surface area contributed by atoms with Gasteiger partial charge in [-0.3, -0.25) is 9.36 Å². The summed E-state index contributed by atoms with van der Waals surface area (Å²) in [7, 11) is 0. The predicted octanol–water partition coefficient (Wildman–Crippen LogP) is 5.48. The lowest BCUT2D eigenvalue weighted by molar-refractivity contribution is -0.113. The van der Waals surface area contributed by atoms with Gasteiger partial charge in [0, 0.05) is 22.8 Å². The van der Waals surface area contributed by atoms with E-state index in [1.807, 2.05) is 35.8 Å². The molecule has 1 N–H and O–H groups in total. The summed E-state index contributed by atoms with van der Waals surface area (Å²) in [5, 5.41) is 13.0. The van der Waals surface area contributed by atoms with Gasteiger partial charge in [0.1, 0.15) is 0 Å². The van der Waals surface area contributed by atoms with E-state index in [1.165, 1.54) is 11.8 Å². The van der Waals surface area contributed by atoms with E-state index < -0.39 is 0 Å². The molecule has 0 fully saturated rings. The Kier molecular flexibility index (Phi) is 6.78.